The van der Waals surface area contributed by atoms with Crippen LogP contribution in [-0.4, -0.2) is 70.3 Å². The lowest BCUT2D eigenvalue weighted by Crippen LogP contribution is -2.58. The molecule has 4 unspecified atom stereocenters. The van der Waals surface area contributed by atoms with E-state index < -0.39 is 53.7 Å². The van der Waals surface area contributed by atoms with Gasteiger partial charge >= 0.3 is 12.1 Å². The van der Waals surface area contributed by atoms with E-state index in [1.165, 1.54) is 4.90 Å². The molecule has 4 rings (SSSR count). The third-order valence-corrected chi connectivity index (χ3v) is 7.58. The van der Waals surface area contributed by atoms with Gasteiger partial charge in [-0.2, -0.15) is 0 Å². The molecule has 1 aliphatic heterocycles. The van der Waals surface area contributed by atoms with E-state index in [0.29, 0.717) is 12.8 Å². The van der Waals surface area contributed by atoms with Crippen LogP contribution < -0.4 is 10.6 Å². The van der Waals surface area contributed by atoms with Crippen molar-refractivity contribution >= 4 is 23.9 Å². The summed E-state index contributed by atoms with van der Waals surface area (Å²) in [4.78, 5) is 54.7. The van der Waals surface area contributed by atoms with Crippen LogP contribution in [0.15, 0.2) is 91.0 Å². The molecule has 46 heavy (non-hydrogen) atoms. The van der Waals surface area contributed by atoms with Crippen molar-refractivity contribution in [3.05, 3.63) is 108 Å². The van der Waals surface area contributed by atoms with Crippen molar-refractivity contribution in [2.45, 2.75) is 82.9 Å². The number of nitrogens with one attached hydrogen (secondary N) is 2. The molecule has 10 heteroatoms. The predicted octanol–water partition coefficient (Wildman–Crippen LogP) is 3.95. The molecule has 1 fully saturated rings. The Morgan fingerprint density at radius 1 is 0.826 bits per heavy atom. The van der Waals surface area contributed by atoms with Gasteiger partial charge in [-0.3, -0.25) is 9.59 Å². The molecular formula is C36H43N3O7. The van der Waals surface area contributed by atoms with E-state index in [4.69, 9.17) is 9.47 Å². The molecule has 0 aromatic heterocycles. The average molecular weight is 630 g/mol. The summed E-state index contributed by atoms with van der Waals surface area (Å²) in [6.45, 7) is 5.55. The summed E-state index contributed by atoms with van der Waals surface area (Å²) in [5.74, 6) is -1.81. The van der Waals surface area contributed by atoms with Crippen molar-refractivity contribution in [1.29, 1.82) is 0 Å². The minimum atomic E-state index is -1.67. The lowest BCUT2D eigenvalue weighted by Gasteiger charge is -2.32. The molecule has 3 aromatic carbocycles. The van der Waals surface area contributed by atoms with Gasteiger partial charge in [0.1, 0.15) is 24.3 Å². The van der Waals surface area contributed by atoms with Gasteiger partial charge in [0.05, 0.1) is 6.04 Å². The zero-order chi connectivity index (χ0) is 33.1. The van der Waals surface area contributed by atoms with Crippen LogP contribution in [0.1, 0.15) is 50.3 Å². The minimum absolute atomic E-state index is 0.0187. The molecule has 244 valence electrons. The maximum Gasteiger partial charge on any atom is 0.408 e. The molecule has 0 spiro atoms. The minimum Gasteiger partial charge on any atom is -0.458 e. The second kappa shape index (κ2) is 16.0. The first-order valence-corrected chi connectivity index (χ1v) is 15.6. The number of likely N-dealkylation sites (tertiary alicyclic amines) is 1. The Bertz CT molecular complexity index is 1440. The molecular weight excluding hydrogens is 586 g/mol. The van der Waals surface area contributed by atoms with Crippen molar-refractivity contribution in [3.63, 3.8) is 0 Å². The zero-order valence-corrected chi connectivity index (χ0v) is 26.6. The van der Waals surface area contributed by atoms with Gasteiger partial charge in [-0.25, -0.2) is 9.59 Å². The van der Waals surface area contributed by atoms with E-state index in [2.05, 4.69) is 10.6 Å². The Morgan fingerprint density at radius 3 is 1.93 bits per heavy atom. The number of carbonyl (C=O) groups excluding carboxylic acids is 4. The fraction of sp³-hybridized carbons (Fsp3) is 0.389. The summed E-state index contributed by atoms with van der Waals surface area (Å²) in [5, 5.41) is 17.0. The van der Waals surface area contributed by atoms with E-state index in [-0.39, 0.29) is 26.0 Å². The van der Waals surface area contributed by atoms with Gasteiger partial charge in [0.2, 0.25) is 5.91 Å². The smallest absolute Gasteiger partial charge is 0.408 e. The van der Waals surface area contributed by atoms with Crippen molar-refractivity contribution in [2.75, 3.05) is 6.54 Å². The number of nitrogens with zero attached hydrogens (tertiary/aromatic N) is 1. The molecule has 1 heterocycles. The first-order chi connectivity index (χ1) is 22.0. The highest BCUT2D eigenvalue weighted by molar-refractivity contribution is 5.90. The van der Waals surface area contributed by atoms with Crippen LogP contribution in [0.3, 0.4) is 0 Å². The molecule has 4 atom stereocenters. The van der Waals surface area contributed by atoms with Gasteiger partial charge in [-0.1, -0.05) is 91.0 Å². The molecule has 10 nitrogen and oxygen atoms in total. The topological polar surface area (TPSA) is 134 Å². The fourth-order valence-corrected chi connectivity index (χ4v) is 5.35. The number of esters is 1. The Kier molecular flexibility index (Phi) is 11.9. The number of amides is 3. The van der Waals surface area contributed by atoms with E-state index in [9.17, 15) is 24.3 Å². The quantitative estimate of drug-likeness (QED) is 0.259. The third kappa shape index (κ3) is 10.2. The second-order valence-corrected chi connectivity index (χ2v) is 12.4. The standard InChI is InChI=1S/C36H43N3O7/c1-36(2,3)46-34(43)30-20-13-21-39(30)33(42)31(40)28(22-25-14-7-4-8-15-25)37-32(41)29(23-26-16-9-5-10-17-26)38-35(44)45-24-27-18-11-6-12-19-27/h4-12,14-19,28-31,40H,13,20-24H2,1-3H3,(H,37,41)(H,38,44). The van der Waals surface area contributed by atoms with Gasteiger partial charge in [0.25, 0.3) is 5.91 Å². The number of benzene rings is 3. The second-order valence-electron chi connectivity index (χ2n) is 12.4. The maximum absolute atomic E-state index is 13.8. The van der Waals surface area contributed by atoms with Crippen molar-refractivity contribution in [3.8, 4) is 0 Å². The normalized spacial score (nSPS) is 16.5. The van der Waals surface area contributed by atoms with Crippen LogP contribution >= 0.6 is 0 Å². The number of hydrogen-bond acceptors (Lipinski definition) is 7. The highest BCUT2D eigenvalue weighted by Gasteiger charge is 2.41. The van der Waals surface area contributed by atoms with Crippen molar-refractivity contribution < 1.29 is 33.8 Å². The lowest BCUT2D eigenvalue weighted by atomic mass is 9.98. The molecule has 0 radical (unpaired) electrons. The van der Waals surface area contributed by atoms with Crippen LogP contribution in [-0.2, 0) is 43.3 Å². The number of ether oxygens (including phenoxy) is 2. The number of rotatable bonds is 12. The number of aliphatic hydroxyl groups excluding tert-OH is 1. The van der Waals surface area contributed by atoms with E-state index in [1.54, 1.807) is 20.8 Å². The Balaban J connectivity index is 1.53. The van der Waals surface area contributed by atoms with Crippen molar-refractivity contribution in [1.82, 2.24) is 15.5 Å². The van der Waals surface area contributed by atoms with Crippen LogP contribution in [0.2, 0.25) is 0 Å². The molecule has 1 saturated heterocycles. The fourth-order valence-electron chi connectivity index (χ4n) is 5.35. The number of aliphatic hydroxyl groups is 1. The van der Waals surface area contributed by atoms with E-state index in [1.807, 2.05) is 91.0 Å². The van der Waals surface area contributed by atoms with Crippen LogP contribution in [0.25, 0.3) is 0 Å². The largest absolute Gasteiger partial charge is 0.458 e. The van der Waals surface area contributed by atoms with Crippen molar-refractivity contribution in [2.24, 2.45) is 0 Å². The van der Waals surface area contributed by atoms with E-state index >= 15 is 0 Å². The Hall–Kier alpha value is -4.70. The highest BCUT2D eigenvalue weighted by atomic mass is 16.6. The summed E-state index contributed by atoms with van der Waals surface area (Å²) < 4.78 is 10.9. The summed E-state index contributed by atoms with van der Waals surface area (Å²) in [6, 6.07) is 24.5. The van der Waals surface area contributed by atoms with Crippen LogP contribution in [0.4, 0.5) is 4.79 Å². The van der Waals surface area contributed by atoms with E-state index in [0.717, 1.165) is 16.7 Å². The highest BCUT2D eigenvalue weighted by Crippen LogP contribution is 2.23. The summed E-state index contributed by atoms with van der Waals surface area (Å²) in [5.41, 5.74) is 1.62. The molecule has 0 aliphatic carbocycles. The third-order valence-electron chi connectivity index (χ3n) is 7.58. The first kappa shape index (κ1) is 34.2. The number of carbonyl (C=O) groups is 4. The molecule has 3 amide bonds. The molecule has 3 N–H and O–H groups in total. The Morgan fingerprint density at radius 2 is 1.37 bits per heavy atom. The SMILES string of the molecule is CC(C)(C)OC(=O)C1CCCN1C(=O)C(O)C(Cc1ccccc1)NC(=O)C(Cc1ccccc1)NC(=O)OCc1ccccc1. The summed E-state index contributed by atoms with van der Waals surface area (Å²) in [7, 11) is 0. The summed E-state index contributed by atoms with van der Waals surface area (Å²) in [6.07, 6.45) is -1.20. The molecule has 1 aliphatic rings. The zero-order valence-electron chi connectivity index (χ0n) is 26.6. The maximum atomic E-state index is 13.8. The average Bonchev–Trinajstić information content (AvgIpc) is 3.54. The molecule has 3 aromatic rings. The number of hydrogen-bond donors (Lipinski definition) is 3. The predicted molar refractivity (Wildman–Crippen MR) is 172 cm³/mol. The number of alkyl carbamates (subject to hydrolysis) is 1. The van der Waals surface area contributed by atoms with Crippen LogP contribution in [0, 0.1) is 0 Å². The van der Waals surface area contributed by atoms with Gasteiger partial charge in [0.15, 0.2) is 6.10 Å². The molecule has 0 saturated carbocycles. The van der Waals surface area contributed by atoms with Gasteiger partial charge in [-0.05, 0) is 56.7 Å². The first-order valence-electron chi connectivity index (χ1n) is 15.6. The van der Waals surface area contributed by atoms with Crippen LogP contribution in [0.5, 0.6) is 0 Å². The summed E-state index contributed by atoms with van der Waals surface area (Å²) >= 11 is 0. The monoisotopic (exact) mass is 629 g/mol. The Labute approximate surface area is 270 Å². The van der Waals surface area contributed by atoms with Gasteiger partial charge in [0, 0.05) is 13.0 Å². The van der Waals surface area contributed by atoms with Gasteiger partial charge < -0.3 is 30.1 Å². The molecule has 0 bridgehead atoms. The van der Waals surface area contributed by atoms with Gasteiger partial charge in [-0.15, -0.1) is 0 Å². The lowest BCUT2D eigenvalue weighted by molar-refractivity contribution is -0.165.